The second kappa shape index (κ2) is 2.74. The predicted octanol–water partition coefficient (Wildman–Crippen LogP) is -0.138. The lowest BCUT2D eigenvalue weighted by atomic mass is 10.3. The monoisotopic (exact) mass is 178 g/mol. The average Bonchev–Trinajstić information content (AvgIpc) is 2.63. The van der Waals surface area contributed by atoms with Crippen LogP contribution in [0.25, 0.3) is 6.08 Å². The predicted molar refractivity (Wildman–Crippen MR) is 48.0 cm³/mol. The molecule has 0 fully saturated rings. The number of aliphatic imine (C=N–C) groups is 2. The number of aromatic amines is 2. The molecule has 3 N–H and O–H groups in total. The van der Waals surface area contributed by atoms with E-state index in [1.165, 1.54) is 18.6 Å². The summed E-state index contributed by atoms with van der Waals surface area (Å²) in [4.78, 5) is 22.9. The molecule has 1 aromatic heterocycles. The molecule has 0 aromatic carbocycles. The minimum atomic E-state index is -0.455. The highest BCUT2D eigenvalue weighted by atomic mass is 16.3. The van der Waals surface area contributed by atoms with Gasteiger partial charge in [-0.05, 0) is 6.08 Å². The van der Waals surface area contributed by atoms with Crippen molar-refractivity contribution in [1.82, 2.24) is 9.97 Å². The number of nitrogens with one attached hydrogen (secondary N) is 2. The Balaban J connectivity index is 2.42. The molecule has 0 radical (unpaired) electrons. The molecule has 0 aliphatic carbocycles. The van der Waals surface area contributed by atoms with Crippen LogP contribution in [0.4, 0.5) is 0 Å². The third-order valence-electron chi connectivity index (χ3n) is 1.51. The molecule has 1 aromatic rings. The number of aromatic nitrogens is 2. The van der Waals surface area contributed by atoms with Gasteiger partial charge in [0.05, 0.1) is 11.9 Å². The van der Waals surface area contributed by atoms with E-state index in [-0.39, 0.29) is 5.88 Å². The fraction of sp³-hybridized carbons (Fsp3) is 0. The molecule has 1 aliphatic heterocycles. The Hall–Kier alpha value is -2.11. The van der Waals surface area contributed by atoms with Crippen molar-refractivity contribution in [3.63, 3.8) is 0 Å². The van der Waals surface area contributed by atoms with Crippen molar-refractivity contribution >= 4 is 18.6 Å². The molecular weight excluding hydrogens is 172 g/mol. The third kappa shape index (κ3) is 1.41. The van der Waals surface area contributed by atoms with E-state index in [0.717, 1.165) is 0 Å². The van der Waals surface area contributed by atoms with Crippen LogP contribution in [0.5, 0.6) is 5.88 Å². The Labute approximate surface area is 72.4 Å². The van der Waals surface area contributed by atoms with Gasteiger partial charge in [-0.15, -0.1) is 0 Å². The van der Waals surface area contributed by atoms with Gasteiger partial charge in [-0.1, -0.05) is 0 Å². The first kappa shape index (κ1) is 7.53. The number of hydrogen-bond donors (Lipinski definition) is 3. The van der Waals surface area contributed by atoms with Crippen molar-refractivity contribution in [2.24, 2.45) is 9.98 Å². The minimum absolute atomic E-state index is 0.201. The van der Waals surface area contributed by atoms with Crippen LogP contribution in [-0.2, 0) is 0 Å². The smallest absolute Gasteiger partial charge is 0.326 e. The fourth-order valence-electron chi connectivity index (χ4n) is 0.958. The van der Waals surface area contributed by atoms with Crippen molar-refractivity contribution in [2.75, 3.05) is 0 Å². The highest BCUT2D eigenvalue weighted by Crippen LogP contribution is 2.12. The lowest BCUT2D eigenvalue weighted by molar-refractivity contribution is 0.454. The Morgan fingerprint density at radius 3 is 2.85 bits per heavy atom. The van der Waals surface area contributed by atoms with E-state index in [2.05, 4.69) is 20.0 Å². The van der Waals surface area contributed by atoms with E-state index < -0.39 is 5.69 Å². The van der Waals surface area contributed by atoms with Gasteiger partial charge in [-0.3, -0.25) is 4.98 Å². The van der Waals surface area contributed by atoms with Crippen LogP contribution in [0.3, 0.4) is 0 Å². The van der Waals surface area contributed by atoms with Gasteiger partial charge in [0.25, 0.3) is 0 Å². The van der Waals surface area contributed by atoms with Crippen LogP contribution in [0.15, 0.2) is 20.5 Å². The molecule has 6 heteroatoms. The van der Waals surface area contributed by atoms with Gasteiger partial charge in [0.1, 0.15) is 12.0 Å². The Bertz CT molecular complexity index is 449. The first-order valence-electron chi connectivity index (χ1n) is 3.54. The molecule has 0 amide bonds. The summed E-state index contributed by atoms with van der Waals surface area (Å²) < 4.78 is 0. The molecule has 0 saturated heterocycles. The maximum atomic E-state index is 10.7. The topological polar surface area (TPSA) is 93.6 Å². The fourth-order valence-corrected chi connectivity index (χ4v) is 0.958. The summed E-state index contributed by atoms with van der Waals surface area (Å²) in [6.07, 6.45) is 4.42. The second-order valence-electron chi connectivity index (χ2n) is 2.43. The summed E-state index contributed by atoms with van der Waals surface area (Å²) in [6.45, 7) is 0. The van der Waals surface area contributed by atoms with Gasteiger partial charge in [0.15, 0.2) is 0 Å². The molecule has 2 heterocycles. The Morgan fingerprint density at radius 1 is 1.46 bits per heavy atom. The van der Waals surface area contributed by atoms with Crippen LogP contribution >= 0.6 is 0 Å². The molecule has 13 heavy (non-hydrogen) atoms. The van der Waals surface area contributed by atoms with Gasteiger partial charge >= 0.3 is 5.69 Å². The van der Waals surface area contributed by atoms with Crippen LogP contribution in [0.1, 0.15) is 5.69 Å². The number of allylic oxidation sites excluding steroid dienone is 1. The Kier molecular flexibility index (Phi) is 1.59. The molecule has 0 atom stereocenters. The first-order chi connectivity index (χ1) is 6.25. The van der Waals surface area contributed by atoms with Crippen molar-refractivity contribution in [1.29, 1.82) is 0 Å². The zero-order chi connectivity index (χ0) is 9.26. The lowest BCUT2D eigenvalue weighted by Crippen LogP contribution is -2.00. The number of hydrogen-bond acceptors (Lipinski definition) is 4. The van der Waals surface area contributed by atoms with E-state index in [4.69, 9.17) is 5.11 Å². The van der Waals surface area contributed by atoms with E-state index in [1.807, 2.05) is 0 Å². The number of aromatic hydroxyl groups is 1. The molecule has 66 valence electrons. The molecule has 0 saturated carbocycles. The first-order valence-corrected chi connectivity index (χ1v) is 3.54. The molecule has 0 bridgehead atoms. The minimum Gasteiger partial charge on any atom is -0.493 e. The molecule has 1 aliphatic rings. The van der Waals surface area contributed by atoms with Crippen LogP contribution in [0, 0.1) is 0 Å². The van der Waals surface area contributed by atoms with Crippen molar-refractivity contribution in [2.45, 2.75) is 0 Å². The van der Waals surface area contributed by atoms with Gasteiger partial charge < -0.3 is 10.1 Å². The van der Waals surface area contributed by atoms with E-state index in [1.54, 1.807) is 0 Å². The summed E-state index contributed by atoms with van der Waals surface area (Å²) in [7, 11) is 0. The highest BCUT2D eigenvalue weighted by Gasteiger charge is 2.03. The maximum Gasteiger partial charge on any atom is 0.326 e. The summed E-state index contributed by atoms with van der Waals surface area (Å²) >= 11 is 0. The zero-order valence-corrected chi connectivity index (χ0v) is 6.48. The van der Waals surface area contributed by atoms with Gasteiger partial charge in [-0.2, -0.15) is 0 Å². The van der Waals surface area contributed by atoms with Crippen molar-refractivity contribution < 1.29 is 5.11 Å². The van der Waals surface area contributed by atoms with Gasteiger partial charge in [0.2, 0.25) is 5.88 Å². The Morgan fingerprint density at radius 2 is 2.31 bits per heavy atom. The van der Waals surface area contributed by atoms with E-state index >= 15 is 0 Å². The average molecular weight is 178 g/mol. The zero-order valence-electron chi connectivity index (χ0n) is 6.48. The summed E-state index contributed by atoms with van der Waals surface area (Å²) in [5, 5.41) is 9.16. The summed E-state index contributed by atoms with van der Waals surface area (Å²) in [5.41, 5.74) is 0.416. The number of H-pyrrole nitrogens is 2. The van der Waals surface area contributed by atoms with Crippen molar-refractivity contribution in [3.8, 4) is 5.88 Å². The van der Waals surface area contributed by atoms with E-state index in [0.29, 0.717) is 11.4 Å². The van der Waals surface area contributed by atoms with Crippen molar-refractivity contribution in [3.05, 3.63) is 21.9 Å². The summed E-state index contributed by atoms with van der Waals surface area (Å²) in [5.74, 6) is -0.201. The normalized spacial score (nSPS) is 17.4. The lowest BCUT2D eigenvalue weighted by Gasteiger charge is -1.88. The highest BCUT2D eigenvalue weighted by molar-refractivity contribution is 5.95. The molecule has 2 rings (SSSR count). The van der Waals surface area contributed by atoms with Crippen LogP contribution < -0.4 is 5.69 Å². The van der Waals surface area contributed by atoms with Gasteiger partial charge in [-0.25, -0.2) is 14.8 Å². The number of nitrogens with zero attached hydrogens (tertiary/aromatic N) is 2. The second-order valence-corrected chi connectivity index (χ2v) is 2.43. The van der Waals surface area contributed by atoms with Crippen LogP contribution in [-0.4, -0.2) is 27.6 Å². The van der Waals surface area contributed by atoms with E-state index in [9.17, 15) is 4.79 Å². The van der Waals surface area contributed by atoms with Crippen LogP contribution in [0.2, 0.25) is 0 Å². The molecule has 6 nitrogen and oxygen atoms in total. The van der Waals surface area contributed by atoms with Gasteiger partial charge in [0, 0.05) is 0 Å². The largest absolute Gasteiger partial charge is 0.493 e. The third-order valence-corrected chi connectivity index (χ3v) is 1.51. The maximum absolute atomic E-state index is 10.7. The quantitative estimate of drug-likeness (QED) is 0.558. The number of rotatable bonds is 1. The number of imidazole rings is 1. The molecular formula is C7H6N4O2. The standard InChI is InChI=1S/C7H6N4O2/c12-6-5(10-7(13)11-6)1-4-2-8-3-9-4/h1-3,12H,(H2,10,11,13). The SMILES string of the molecule is O=c1[nH]c(O)c(C=C2C=NC=N2)[nH]1. The molecule has 0 spiro atoms. The summed E-state index contributed by atoms with van der Waals surface area (Å²) in [6, 6.07) is 0. The molecule has 0 unspecified atom stereocenters.